The number of carbonyl (C=O) groups is 2. The molecule has 168 valence electrons. The van der Waals surface area contributed by atoms with Crippen molar-refractivity contribution in [2.75, 3.05) is 23.1 Å². The first-order valence-corrected chi connectivity index (χ1v) is 12.2. The number of aromatic nitrogens is 2. The van der Waals surface area contributed by atoms with E-state index in [1.807, 2.05) is 0 Å². The fraction of sp³-hybridized carbons (Fsp3) is 0.300. The Morgan fingerprint density at radius 1 is 1.09 bits per heavy atom. The second-order valence-corrected chi connectivity index (χ2v) is 10.2. The van der Waals surface area contributed by atoms with Crippen LogP contribution in [-0.4, -0.2) is 48.4 Å². The van der Waals surface area contributed by atoms with Crippen LogP contribution in [0.15, 0.2) is 39.6 Å². The topological polar surface area (TPSA) is 134 Å². The molecule has 1 aromatic carbocycles. The van der Waals surface area contributed by atoms with E-state index in [9.17, 15) is 18.0 Å². The van der Waals surface area contributed by atoms with E-state index < -0.39 is 10.0 Å². The summed E-state index contributed by atoms with van der Waals surface area (Å²) >= 11 is 1.18. The number of likely N-dealkylation sites (tertiary alicyclic amines) is 1. The number of amides is 2. The van der Waals surface area contributed by atoms with Crippen molar-refractivity contribution in [3.05, 3.63) is 41.1 Å². The Morgan fingerprint density at radius 2 is 1.75 bits per heavy atom. The zero-order valence-electron chi connectivity index (χ0n) is 17.4. The van der Waals surface area contributed by atoms with Gasteiger partial charge in [-0.1, -0.05) is 0 Å². The summed E-state index contributed by atoms with van der Waals surface area (Å²) in [6, 6.07) is 7.76. The molecule has 0 unspecified atom stereocenters. The number of aryl methyl sites for hydroxylation is 1. The number of hydrogen-bond acceptors (Lipinski definition) is 8. The van der Waals surface area contributed by atoms with Crippen LogP contribution in [0.4, 0.5) is 11.4 Å². The number of nitrogens with zero attached hydrogens (tertiary/aromatic N) is 3. The minimum atomic E-state index is -3.88. The van der Waals surface area contributed by atoms with Crippen molar-refractivity contribution in [3.8, 4) is 10.8 Å². The summed E-state index contributed by atoms with van der Waals surface area (Å²) in [5, 5.41) is 10.4. The van der Waals surface area contributed by atoms with E-state index in [-0.39, 0.29) is 28.5 Å². The Labute approximate surface area is 188 Å². The molecule has 0 aliphatic carbocycles. The lowest BCUT2D eigenvalue weighted by molar-refractivity contribution is -0.114. The summed E-state index contributed by atoms with van der Waals surface area (Å²) in [5.74, 6) is -0.533. The molecule has 1 aliphatic heterocycles. The standard InChI is InChI=1S/C20H21N5O5S2/c1-12-17(32(28,29)24-15-7-5-14(6-8-15)21-13(2)26)11-16(31-12)18-22-23-19(30-18)20(27)25-9-3-4-10-25/h5-8,11,24H,3-4,9-10H2,1-2H3,(H,21,26). The Morgan fingerprint density at radius 3 is 2.41 bits per heavy atom. The van der Waals surface area contributed by atoms with E-state index >= 15 is 0 Å². The minimum Gasteiger partial charge on any atom is -0.411 e. The number of carbonyl (C=O) groups excluding carboxylic acids is 2. The van der Waals surface area contributed by atoms with Gasteiger partial charge in [-0.15, -0.1) is 21.5 Å². The van der Waals surface area contributed by atoms with Crippen molar-refractivity contribution in [2.45, 2.75) is 31.6 Å². The quantitative estimate of drug-likeness (QED) is 0.559. The lowest BCUT2D eigenvalue weighted by Gasteiger charge is -2.11. The molecule has 0 atom stereocenters. The van der Waals surface area contributed by atoms with Crippen LogP contribution in [-0.2, 0) is 14.8 Å². The van der Waals surface area contributed by atoms with Crippen LogP contribution in [0.5, 0.6) is 0 Å². The molecule has 2 aromatic heterocycles. The molecule has 3 aromatic rings. The van der Waals surface area contributed by atoms with Crippen molar-refractivity contribution < 1.29 is 22.4 Å². The van der Waals surface area contributed by atoms with E-state index in [0.29, 0.717) is 34.2 Å². The molecule has 0 radical (unpaired) electrons. The van der Waals surface area contributed by atoms with Crippen molar-refractivity contribution >= 4 is 44.5 Å². The average molecular weight is 476 g/mol. The monoisotopic (exact) mass is 475 g/mol. The van der Waals surface area contributed by atoms with Crippen LogP contribution in [0.2, 0.25) is 0 Å². The molecule has 0 bridgehead atoms. The van der Waals surface area contributed by atoms with Gasteiger partial charge in [-0.3, -0.25) is 14.3 Å². The van der Waals surface area contributed by atoms with Crippen LogP contribution >= 0.6 is 11.3 Å². The highest BCUT2D eigenvalue weighted by atomic mass is 32.2. The summed E-state index contributed by atoms with van der Waals surface area (Å²) in [7, 11) is -3.88. The number of hydrogen-bond donors (Lipinski definition) is 2. The van der Waals surface area contributed by atoms with Gasteiger partial charge in [0.2, 0.25) is 5.91 Å². The van der Waals surface area contributed by atoms with Crippen LogP contribution in [0.1, 0.15) is 35.3 Å². The number of sulfonamides is 1. The van der Waals surface area contributed by atoms with Gasteiger partial charge in [0.1, 0.15) is 4.90 Å². The summed E-state index contributed by atoms with van der Waals surface area (Å²) in [5.41, 5.74) is 0.910. The zero-order valence-corrected chi connectivity index (χ0v) is 19.0. The van der Waals surface area contributed by atoms with Gasteiger partial charge in [-0.2, -0.15) is 0 Å². The average Bonchev–Trinajstić information content (AvgIpc) is 3.49. The molecule has 2 N–H and O–H groups in total. The normalized spacial score (nSPS) is 13.9. The van der Waals surface area contributed by atoms with Gasteiger partial charge in [-0.25, -0.2) is 8.42 Å². The van der Waals surface area contributed by atoms with Gasteiger partial charge in [-0.05, 0) is 50.1 Å². The van der Waals surface area contributed by atoms with E-state index in [0.717, 1.165) is 12.8 Å². The van der Waals surface area contributed by atoms with Crippen LogP contribution in [0.25, 0.3) is 10.8 Å². The van der Waals surface area contributed by atoms with Gasteiger partial charge >= 0.3 is 11.8 Å². The smallest absolute Gasteiger partial charge is 0.311 e. The number of anilines is 2. The molecule has 12 heteroatoms. The molecule has 0 saturated carbocycles. The maximum Gasteiger partial charge on any atom is 0.311 e. The van der Waals surface area contributed by atoms with Crippen LogP contribution in [0.3, 0.4) is 0 Å². The van der Waals surface area contributed by atoms with Crippen LogP contribution < -0.4 is 10.0 Å². The van der Waals surface area contributed by atoms with Gasteiger partial charge in [0, 0.05) is 36.3 Å². The highest BCUT2D eigenvalue weighted by Gasteiger charge is 2.27. The second kappa shape index (κ2) is 8.71. The molecule has 2 amide bonds. The zero-order chi connectivity index (χ0) is 22.9. The predicted octanol–water partition coefficient (Wildman–Crippen LogP) is 3.10. The first-order valence-electron chi connectivity index (χ1n) is 9.87. The van der Waals surface area contributed by atoms with Crippen molar-refractivity contribution in [2.24, 2.45) is 0 Å². The molecule has 32 heavy (non-hydrogen) atoms. The minimum absolute atomic E-state index is 0.0778. The maximum absolute atomic E-state index is 12.9. The van der Waals surface area contributed by atoms with E-state index in [4.69, 9.17) is 4.42 Å². The van der Waals surface area contributed by atoms with Gasteiger partial charge < -0.3 is 14.6 Å². The summed E-state index contributed by atoms with van der Waals surface area (Å²) in [4.78, 5) is 26.3. The fourth-order valence-corrected chi connectivity index (χ4v) is 5.91. The van der Waals surface area contributed by atoms with Gasteiger partial charge in [0.05, 0.1) is 4.88 Å². The Balaban J connectivity index is 1.52. The third-order valence-electron chi connectivity index (χ3n) is 4.83. The highest BCUT2D eigenvalue weighted by molar-refractivity contribution is 7.93. The Bertz CT molecular complexity index is 1260. The molecule has 0 spiro atoms. The predicted molar refractivity (Wildman–Crippen MR) is 119 cm³/mol. The fourth-order valence-electron chi connectivity index (χ4n) is 3.34. The molecule has 10 nitrogen and oxygen atoms in total. The first kappa shape index (κ1) is 22.0. The molecule has 1 saturated heterocycles. The Kier molecular flexibility index (Phi) is 5.98. The van der Waals surface area contributed by atoms with Crippen molar-refractivity contribution in [1.29, 1.82) is 0 Å². The summed E-state index contributed by atoms with van der Waals surface area (Å²) in [6.07, 6.45) is 1.89. The highest BCUT2D eigenvalue weighted by Crippen LogP contribution is 2.34. The van der Waals surface area contributed by atoms with E-state index in [1.54, 1.807) is 36.1 Å². The first-order chi connectivity index (χ1) is 15.2. The van der Waals surface area contributed by atoms with E-state index in [2.05, 4.69) is 20.2 Å². The Hall–Kier alpha value is -3.25. The SMILES string of the molecule is CC(=O)Nc1ccc(NS(=O)(=O)c2cc(-c3nnc(C(=O)N4CCCC4)o3)sc2C)cc1. The molecular weight excluding hydrogens is 454 g/mol. The number of thiophene rings is 1. The third-order valence-corrected chi connectivity index (χ3v) is 7.51. The molecule has 1 fully saturated rings. The van der Waals surface area contributed by atoms with E-state index in [1.165, 1.54) is 24.3 Å². The van der Waals surface area contributed by atoms with Crippen molar-refractivity contribution in [3.63, 3.8) is 0 Å². The van der Waals surface area contributed by atoms with Crippen LogP contribution in [0, 0.1) is 6.92 Å². The van der Waals surface area contributed by atoms with Gasteiger partial charge in [0.25, 0.3) is 15.9 Å². The summed E-state index contributed by atoms with van der Waals surface area (Å²) in [6.45, 7) is 4.39. The maximum atomic E-state index is 12.9. The number of rotatable bonds is 6. The second-order valence-electron chi connectivity index (χ2n) is 7.31. The molecule has 4 rings (SSSR count). The van der Waals surface area contributed by atoms with Gasteiger partial charge in [0.15, 0.2) is 0 Å². The van der Waals surface area contributed by atoms with Crippen molar-refractivity contribution in [1.82, 2.24) is 15.1 Å². The molecule has 3 heterocycles. The third kappa shape index (κ3) is 4.65. The lowest BCUT2D eigenvalue weighted by Crippen LogP contribution is -2.27. The molecule has 1 aliphatic rings. The summed E-state index contributed by atoms with van der Waals surface area (Å²) < 4.78 is 33.9. The largest absolute Gasteiger partial charge is 0.411 e. The number of benzene rings is 1. The number of nitrogens with one attached hydrogen (secondary N) is 2. The lowest BCUT2D eigenvalue weighted by atomic mass is 10.3. The molecular formula is C20H21N5O5S2.